The molecule has 0 radical (unpaired) electrons. The fourth-order valence-electron chi connectivity index (χ4n) is 2.55. The van der Waals surface area contributed by atoms with Gasteiger partial charge in [-0.2, -0.15) is 5.26 Å². The van der Waals surface area contributed by atoms with Crippen molar-refractivity contribution >= 4 is 5.91 Å². The van der Waals surface area contributed by atoms with Crippen molar-refractivity contribution in [2.45, 2.75) is 32.2 Å². The molecule has 1 aliphatic rings. The smallest absolute Gasteiger partial charge is 0.224 e. The standard InChI is InChI=1S/C15H18N2O/c1-15(2)13(11-16)10-14(18)17(15)9-8-12-6-4-3-5-7-12/h3-7,13H,8-10H2,1-2H3. The number of amides is 1. The molecule has 0 spiro atoms. The van der Waals surface area contributed by atoms with Crippen molar-refractivity contribution in [1.29, 1.82) is 5.26 Å². The minimum Gasteiger partial charge on any atom is -0.336 e. The molecule has 0 N–H and O–H groups in total. The summed E-state index contributed by atoms with van der Waals surface area (Å²) in [7, 11) is 0. The van der Waals surface area contributed by atoms with Crippen LogP contribution in [-0.4, -0.2) is 22.9 Å². The van der Waals surface area contributed by atoms with E-state index >= 15 is 0 Å². The van der Waals surface area contributed by atoms with Crippen LogP contribution in [-0.2, 0) is 11.2 Å². The third-order valence-corrected chi connectivity index (χ3v) is 3.85. The van der Waals surface area contributed by atoms with Gasteiger partial charge in [0.25, 0.3) is 0 Å². The van der Waals surface area contributed by atoms with Crippen molar-refractivity contribution < 1.29 is 4.79 Å². The second-order valence-corrected chi connectivity index (χ2v) is 5.32. The van der Waals surface area contributed by atoms with Crippen LogP contribution in [0.25, 0.3) is 0 Å². The lowest BCUT2D eigenvalue weighted by Crippen LogP contribution is -2.44. The Balaban J connectivity index is 2.06. The number of hydrogen-bond acceptors (Lipinski definition) is 2. The largest absolute Gasteiger partial charge is 0.336 e. The van der Waals surface area contributed by atoms with E-state index in [9.17, 15) is 4.79 Å². The van der Waals surface area contributed by atoms with E-state index in [1.165, 1.54) is 5.56 Å². The predicted molar refractivity (Wildman–Crippen MR) is 69.7 cm³/mol. The van der Waals surface area contributed by atoms with Crippen molar-refractivity contribution in [3.63, 3.8) is 0 Å². The SMILES string of the molecule is CC1(C)C(C#N)CC(=O)N1CCc1ccccc1. The average Bonchev–Trinajstić information content (AvgIpc) is 2.58. The molecule has 0 bridgehead atoms. The molecule has 1 aromatic carbocycles. The molecule has 1 saturated heterocycles. The Morgan fingerprint density at radius 3 is 2.61 bits per heavy atom. The number of nitrogens with zero attached hydrogens (tertiary/aromatic N) is 2. The van der Waals surface area contributed by atoms with Gasteiger partial charge >= 0.3 is 0 Å². The second-order valence-electron chi connectivity index (χ2n) is 5.32. The molecule has 0 aliphatic carbocycles. The van der Waals surface area contributed by atoms with Crippen LogP contribution in [0.2, 0.25) is 0 Å². The van der Waals surface area contributed by atoms with E-state index in [0.29, 0.717) is 13.0 Å². The maximum absolute atomic E-state index is 12.0. The Kier molecular flexibility index (Phi) is 3.38. The molecule has 1 unspecified atom stereocenters. The Bertz CT molecular complexity index is 473. The summed E-state index contributed by atoms with van der Waals surface area (Å²) in [5.41, 5.74) is 0.877. The minimum atomic E-state index is -0.347. The van der Waals surface area contributed by atoms with Gasteiger partial charge in [-0.3, -0.25) is 4.79 Å². The van der Waals surface area contributed by atoms with Crippen LogP contribution < -0.4 is 0 Å². The summed E-state index contributed by atoms with van der Waals surface area (Å²) < 4.78 is 0. The van der Waals surface area contributed by atoms with E-state index in [1.54, 1.807) is 0 Å². The first kappa shape index (κ1) is 12.6. The maximum atomic E-state index is 12.0. The molecular weight excluding hydrogens is 224 g/mol. The van der Waals surface area contributed by atoms with Crippen LogP contribution in [0.3, 0.4) is 0 Å². The van der Waals surface area contributed by atoms with Crippen molar-refractivity contribution in [3.05, 3.63) is 35.9 Å². The molecule has 1 atom stereocenters. The van der Waals surface area contributed by atoms with Gasteiger partial charge in [-0.05, 0) is 25.8 Å². The number of rotatable bonds is 3. The lowest BCUT2D eigenvalue weighted by molar-refractivity contribution is -0.130. The van der Waals surface area contributed by atoms with Gasteiger partial charge in [0, 0.05) is 13.0 Å². The van der Waals surface area contributed by atoms with Crippen molar-refractivity contribution in [1.82, 2.24) is 4.90 Å². The van der Waals surface area contributed by atoms with E-state index in [0.717, 1.165) is 6.42 Å². The third-order valence-electron chi connectivity index (χ3n) is 3.85. The Morgan fingerprint density at radius 1 is 1.39 bits per heavy atom. The maximum Gasteiger partial charge on any atom is 0.224 e. The molecule has 1 aliphatic heterocycles. The lowest BCUT2D eigenvalue weighted by atomic mass is 9.89. The van der Waals surface area contributed by atoms with Gasteiger partial charge in [-0.15, -0.1) is 0 Å². The van der Waals surface area contributed by atoms with Crippen molar-refractivity contribution in [2.75, 3.05) is 6.54 Å². The summed E-state index contributed by atoms with van der Waals surface area (Å²) in [5, 5.41) is 9.09. The number of likely N-dealkylation sites (tertiary alicyclic amines) is 1. The van der Waals surface area contributed by atoms with Crippen LogP contribution in [0.15, 0.2) is 30.3 Å². The highest BCUT2D eigenvalue weighted by atomic mass is 16.2. The molecule has 3 heteroatoms. The molecule has 94 valence electrons. The van der Waals surface area contributed by atoms with Gasteiger partial charge in [0.15, 0.2) is 0 Å². The molecule has 18 heavy (non-hydrogen) atoms. The van der Waals surface area contributed by atoms with Crippen LogP contribution >= 0.6 is 0 Å². The quantitative estimate of drug-likeness (QED) is 0.816. The van der Waals surface area contributed by atoms with Gasteiger partial charge < -0.3 is 4.90 Å². The zero-order chi connectivity index (χ0) is 13.2. The zero-order valence-corrected chi connectivity index (χ0v) is 10.9. The lowest BCUT2D eigenvalue weighted by Gasteiger charge is -2.33. The highest BCUT2D eigenvalue weighted by Crippen LogP contribution is 2.34. The monoisotopic (exact) mass is 242 g/mol. The van der Waals surface area contributed by atoms with Crippen molar-refractivity contribution in [3.8, 4) is 6.07 Å². The third kappa shape index (κ3) is 2.24. The number of benzene rings is 1. The number of hydrogen-bond donors (Lipinski definition) is 0. The van der Waals surface area contributed by atoms with Crippen molar-refractivity contribution in [2.24, 2.45) is 5.92 Å². The van der Waals surface area contributed by atoms with E-state index in [1.807, 2.05) is 36.9 Å². The van der Waals surface area contributed by atoms with Crippen LogP contribution in [0, 0.1) is 17.2 Å². The average molecular weight is 242 g/mol. The fourth-order valence-corrected chi connectivity index (χ4v) is 2.55. The van der Waals surface area contributed by atoms with Gasteiger partial charge in [0.05, 0.1) is 17.5 Å². The van der Waals surface area contributed by atoms with E-state index in [-0.39, 0.29) is 17.4 Å². The fraction of sp³-hybridized carbons (Fsp3) is 0.467. The molecule has 3 nitrogen and oxygen atoms in total. The summed E-state index contributed by atoms with van der Waals surface area (Å²) in [4.78, 5) is 13.8. The first-order valence-corrected chi connectivity index (χ1v) is 6.29. The number of carbonyl (C=O) groups excluding carboxylic acids is 1. The van der Waals surface area contributed by atoms with E-state index in [2.05, 4.69) is 18.2 Å². The summed E-state index contributed by atoms with van der Waals surface area (Å²) in [5.74, 6) is -0.0942. The molecule has 1 fully saturated rings. The minimum absolute atomic E-state index is 0.0995. The molecular formula is C15H18N2O. The number of carbonyl (C=O) groups is 1. The molecule has 2 rings (SSSR count). The molecule has 1 heterocycles. The Morgan fingerprint density at radius 2 is 2.06 bits per heavy atom. The van der Waals surface area contributed by atoms with Gasteiger partial charge in [-0.25, -0.2) is 0 Å². The second kappa shape index (κ2) is 4.81. The molecule has 0 saturated carbocycles. The summed E-state index contributed by atoms with van der Waals surface area (Å²) >= 11 is 0. The van der Waals surface area contributed by atoms with E-state index in [4.69, 9.17) is 5.26 Å². The van der Waals surface area contributed by atoms with E-state index < -0.39 is 0 Å². The summed E-state index contributed by atoms with van der Waals surface area (Å²) in [6.07, 6.45) is 1.20. The van der Waals surface area contributed by atoms with Crippen LogP contribution in [0.5, 0.6) is 0 Å². The van der Waals surface area contributed by atoms with Gasteiger partial charge in [0.1, 0.15) is 0 Å². The Hall–Kier alpha value is -1.82. The highest BCUT2D eigenvalue weighted by Gasteiger charge is 2.45. The summed E-state index contributed by atoms with van der Waals surface area (Å²) in [6, 6.07) is 12.4. The highest BCUT2D eigenvalue weighted by molar-refractivity contribution is 5.80. The van der Waals surface area contributed by atoms with Crippen LogP contribution in [0.1, 0.15) is 25.8 Å². The van der Waals surface area contributed by atoms with Gasteiger partial charge in [0.2, 0.25) is 5.91 Å². The Labute approximate surface area is 108 Å². The zero-order valence-electron chi connectivity index (χ0n) is 10.9. The summed E-state index contributed by atoms with van der Waals surface area (Å²) in [6.45, 7) is 4.65. The van der Waals surface area contributed by atoms with Crippen LogP contribution in [0.4, 0.5) is 0 Å². The molecule has 1 amide bonds. The number of nitriles is 1. The molecule has 0 aromatic heterocycles. The first-order chi connectivity index (χ1) is 8.55. The molecule has 1 aromatic rings. The normalized spacial score (nSPS) is 21.9. The predicted octanol–water partition coefficient (Wildman–Crippen LogP) is 2.38. The van der Waals surface area contributed by atoms with Gasteiger partial charge in [-0.1, -0.05) is 30.3 Å². The first-order valence-electron chi connectivity index (χ1n) is 6.29. The topological polar surface area (TPSA) is 44.1 Å².